The molecule has 0 aliphatic carbocycles. The predicted molar refractivity (Wildman–Crippen MR) is 123 cm³/mol. The number of para-hydroxylation sites is 1. The summed E-state index contributed by atoms with van der Waals surface area (Å²) in [6.07, 6.45) is 0. The highest BCUT2D eigenvalue weighted by Gasteiger charge is 2.09. The lowest BCUT2D eigenvalue weighted by Crippen LogP contribution is -2.20. The molecular formula is C23H22BrClN2O2. The minimum absolute atomic E-state index is 0.0663. The Kier molecular flexibility index (Phi) is 7.18. The Hall–Kier alpha value is -2.50. The van der Waals surface area contributed by atoms with Crippen LogP contribution in [0.1, 0.15) is 16.7 Å². The fraction of sp³-hybridized carbons (Fsp3) is 0.174. The molecule has 0 aromatic heterocycles. The Labute approximate surface area is 184 Å². The Bertz CT molecular complexity index is 1020. The topological polar surface area (TPSA) is 50.4 Å². The SMILES string of the molecule is Cc1ccc(NC(=O)COc2ccc(CNc3ccccc3Cl)cc2Br)c(C)c1. The van der Waals surface area contributed by atoms with E-state index in [-0.39, 0.29) is 12.5 Å². The van der Waals surface area contributed by atoms with Gasteiger partial charge >= 0.3 is 0 Å². The molecule has 2 N–H and O–H groups in total. The first kappa shape index (κ1) is 21.2. The molecule has 0 aliphatic rings. The summed E-state index contributed by atoms with van der Waals surface area (Å²) in [5.41, 5.74) is 4.92. The number of amides is 1. The van der Waals surface area contributed by atoms with Crippen molar-refractivity contribution < 1.29 is 9.53 Å². The lowest BCUT2D eigenvalue weighted by atomic mass is 10.1. The number of hydrogen-bond acceptors (Lipinski definition) is 3. The molecule has 0 bridgehead atoms. The molecular weight excluding hydrogens is 452 g/mol. The Morgan fingerprint density at radius 2 is 1.83 bits per heavy atom. The van der Waals surface area contributed by atoms with E-state index in [4.69, 9.17) is 16.3 Å². The molecule has 0 atom stereocenters. The fourth-order valence-corrected chi connectivity index (χ4v) is 3.60. The van der Waals surface area contributed by atoms with Crippen LogP contribution in [0.5, 0.6) is 5.75 Å². The summed E-state index contributed by atoms with van der Waals surface area (Å²) in [5, 5.41) is 6.87. The number of carbonyl (C=O) groups is 1. The zero-order valence-electron chi connectivity index (χ0n) is 16.3. The van der Waals surface area contributed by atoms with E-state index in [0.717, 1.165) is 32.5 Å². The molecule has 29 heavy (non-hydrogen) atoms. The Balaban J connectivity index is 1.55. The summed E-state index contributed by atoms with van der Waals surface area (Å²) in [5.74, 6) is 0.413. The molecule has 0 radical (unpaired) electrons. The molecule has 0 unspecified atom stereocenters. The summed E-state index contributed by atoms with van der Waals surface area (Å²) in [6, 6.07) is 19.3. The van der Waals surface area contributed by atoms with Gasteiger partial charge in [-0.1, -0.05) is 47.5 Å². The second-order valence-electron chi connectivity index (χ2n) is 6.75. The maximum atomic E-state index is 12.2. The number of nitrogens with one attached hydrogen (secondary N) is 2. The van der Waals surface area contributed by atoms with Crippen LogP contribution >= 0.6 is 27.5 Å². The largest absolute Gasteiger partial charge is 0.483 e. The number of ether oxygens (including phenoxy) is 1. The van der Waals surface area contributed by atoms with Crippen LogP contribution in [0.15, 0.2) is 65.1 Å². The van der Waals surface area contributed by atoms with E-state index in [1.165, 1.54) is 0 Å². The molecule has 0 saturated carbocycles. The van der Waals surface area contributed by atoms with Gasteiger partial charge in [0.15, 0.2) is 6.61 Å². The minimum atomic E-state index is -0.201. The molecule has 3 aromatic rings. The summed E-state index contributed by atoms with van der Waals surface area (Å²) < 4.78 is 6.46. The Morgan fingerprint density at radius 1 is 1.03 bits per heavy atom. The lowest BCUT2D eigenvalue weighted by molar-refractivity contribution is -0.118. The second kappa shape index (κ2) is 9.81. The molecule has 0 saturated heterocycles. The molecule has 1 amide bonds. The average Bonchev–Trinajstić information content (AvgIpc) is 2.69. The van der Waals surface area contributed by atoms with Crippen molar-refractivity contribution in [1.29, 1.82) is 0 Å². The van der Waals surface area contributed by atoms with E-state index >= 15 is 0 Å². The van der Waals surface area contributed by atoms with Crippen LogP contribution in [0.2, 0.25) is 5.02 Å². The molecule has 150 valence electrons. The van der Waals surface area contributed by atoms with Gasteiger partial charge in [0.2, 0.25) is 0 Å². The van der Waals surface area contributed by atoms with Gasteiger partial charge in [-0.3, -0.25) is 4.79 Å². The lowest BCUT2D eigenvalue weighted by Gasteiger charge is -2.12. The van der Waals surface area contributed by atoms with Crippen molar-refractivity contribution in [3.8, 4) is 5.75 Å². The minimum Gasteiger partial charge on any atom is -0.483 e. The van der Waals surface area contributed by atoms with Gasteiger partial charge in [-0.05, 0) is 71.2 Å². The van der Waals surface area contributed by atoms with Crippen LogP contribution < -0.4 is 15.4 Å². The average molecular weight is 474 g/mol. The van der Waals surface area contributed by atoms with Crippen LogP contribution in [0.4, 0.5) is 11.4 Å². The van der Waals surface area contributed by atoms with Gasteiger partial charge in [-0.2, -0.15) is 0 Å². The first-order valence-electron chi connectivity index (χ1n) is 9.19. The van der Waals surface area contributed by atoms with Gasteiger partial charge in [0, 0.05) is 12.2 Å². The normalized spacial score (nSPS) is 10.5. The third-order valence-corrected chi connectivity index (χ3v) is 5.32. The van der Waals surface area contributed by atoms with E-state index in [0.29, 0.717) is 17.3 Å². The van der Waals surface area contributed by atoms with Gasteiger partial charge in [0.1, 0.15) is 5.75 Å². The number of rotatable bonds is 7. The van der Waals surface area contributed by atoms with Crippen LogP contribution in [-0.2, 0) is 11.3 Å². The molecule has 3 rings (SSSR count). The zero-order chi connectivity index (χ0) is 20.8. The van der Waals surface area contributed by atoms with Gasteiger partial charge in [0.25, 0.3) is 5.91 Å². The standard InChI is InChI=1S/C23H22BrClN2O2/c1-15-7-9-20(16(2)11-15)27-23(28)14-29-22-10-8-17(12-18(22)24)13-26-21-6-4-3-5-19(21)25/h3-12,26H,13-14H2,1-2H3,(H,27,28). The van der Waals surface area contributed by atoms with Gasteiger partial charge in [0.05, 0.1) is 15.2 Å². The van der Waals surface area contributed by atoms with Gasteiger partial charge in [-0.25, -0.2) is 0 Å². The molecule has 6 heteroatoms. The summed E-state index contributed by atoms with van der Waals surface area (Å²) >= 11 is 9.68. The molecule has 3 aromatic carbocycles. The summed E-state index contributed by atoms with van der Waals surface area (Å²) in [6.45, 7) is 4.54. The number of hydrogen-bond donors (Lipinski definition) is 2. The number of halogens is 2. The smallest absolute Gasteiger partial charge is 0.262 e. The molecule has 0 spiro atoms. The third kappa shape index (κ3) is 5.99. The third-order valence-electron chi connectivity index (χ3n) is 4.37. The van der Waals surface area contributed by atoms with Crippen molar-refractivity contribution in [2.45, 2.75) is 20.4 Å². The highest BCUT2D eigenvalue weighted by atomic mass is 79.9. The number of benzene rings is 3. The molecule has 4 nitrogen and oxygen atoms in total. The van der Waals surface area contributed by atoms with Crippen LogP contribution in [0, 0.1) is 13.8 Å². The van der Waals surface area contributed by atoms with Crippen molar-refractivity contribution in [2.75, 3.05) is 17.2 Å². The van der Waals surface area contributed by atoms with E-state index in [1.54, 1.807) is 0 Å². The van der Waals surface area contributed by atoms with E-state index in [2.05, 4.69) is 26.6 Å². The highest BCUT2D eigenvalue weighted by molar-refractivity contribution is 9.10. The van der Waals surface area contributed by atoms with Crippen molar-refractivity contribution in [2.24, 2.45) is 0 Å². The van der Waals surface area contributed by atoms with Gasteiger partial charge in [-0.15, -0.1) is 0 Å². The van der Waals surface area contributed by atoms with Crippen molar-refractivity contribution >= 4 is 44.8 Å². The maximum absolute atomic E-state index is 12.2. The van der Waals surface area contributed by atoms with E-state index < -0.39 is 0 Å². The van der Waals surface area contributed by atoms with Crippen molar-refractivity contribution in [3.05, 3.63) is 86.8 Å². The van der Waals surface area contributed by atoms with Crippen LogP contribution in [0.3, 0.4) is 0 Å². The first-order chi connectivity index (χ1) is 13.9. The molecule has 0 heterocycles. The second-order valence-corrected chi connectivity index (χ2v) is 8.01. The number of anilines is 2. The van der Waals surface area contributed by atoms with E-state index in [9.17, 15) is 4.79 Å². The van der Waals surface area contributed by atoms with Crippen LogP contribution in [-0.4, -0.2) is 12.5 Å². The highest BCUT2D eigenvalue weighted by Crippen LogP contribution is 2.27. The molecule has 0 fully saturated rings. The van der Waals surface area contributed by atoms with Crippen molar-refractivity contribution in [1.82, 2.24) is 0 Å². The van der Waals surface area contributed by atoms with Crippen LogP contribution in [0.25, 0.3) is 0 Å². The van der Waals surface area contributed by atoms with Gasteiger partial charge < -0.3 is 15.4 Å². The summed E-state index contributed by atoms with van der Waals surface area (Å²) in [4.78, 5) is 12.2. The quantitative estimate of drug-likeness (QED) is 0.420. The molecule has 0 aliphatic heterocycles. The van der Waals surface area contributed by atoms with Crippen molar-refractivity contribution in [3.63, 3.8) is 0 Å². The number of aryl methyl sites for hydroxylation is 2. The predicted octanol–water partition coefficient (Wildman–Crippen LogP) is 6.35. The first-order valence-corrected chi connectivity index (χ1v) is 10.4. The van der Waals surface area contributed by atoms with E-state index in [1.807, 2.05) is 74.5 Å². The maximum Gasteiger partial charge on any atom is 0.262 e. The zero-order valence-corrected chi connectivity index (χ0v) is 18.6. The fourth-order valence-electron chi connectivity index (χ4n) is 2.86. The number of carbonyl (C=O) groups excluding carboxylic acids is 1. The monoisotopic (exact) mass is 472 g/mol. The Morgan fingerprint density at radius 3 is 2.55 bits per heavy atom. The summed E-state index contributed by atoms with van der Waals surface area (Å²) in [7, 11) is 0.